The highest BCUT2D eigenvalue weighted by Gasteiger charge is 2.59. The number of Topliss-reactive ketones (excluding diaryl/α,β-unsaturated/α-hetero) is 1. The molecule has 2 aliphatic rings. The lowest BCUT2D eigenvalue weighted by molar-refractivity contribution is 0.0868. The van der Waals surface area contributed by atoms with Gasteiger partial charge >= 0.3 is 0 Å². The summed E-state index contributed by atoms with van der Waals surface area (Å²) in [6.45, 7) is 2.10. The molecule has 0 amide bonds. The highest BCUT2D eigenvalue weighted by atomic mass is 16.1. The number of fused-ring (bicyclic) bond motifs is 3. The van der Waals surface area contributed by atoms with Crippen LogP contribution in [0.3, 0.4) is 0 Å². The average Bonchev–Trinajstić information content (AvgIpc) is 2.97. The normalized spacial score (nSPS) is 30.4. The van der Waals surface area contributed by atoms with Gasteiger partial charge in [-0.15, -0.1) is 0 Å². The van der Waals surface area contributed by atoms with E-state index in [2.05, 4.69) is 24.0 Å². The van der Waals surface area contributed by atoms with Gasteiger partial charge in [0.1, 0.15) is 0 Å². The van der Waals surface area contributed by atoms with Crippen LogP contribution in [-0.2, 0) is 5.41 Å². The summed E-state index contributed by atoms with van der Waals surface area (Å²) in [7, 11) is 0. The summed E-state index contributed by atoms with van der Waals surface area (Å²) in [6.07, 6.45) is 1.95. The Morgan fingerprint density at radius 2 is 1.70 bits per heavy atom. The van der Waals surface area contributed by atoms with Crippen LogP contribution in [0.1, 0.15) is 34.5 Å². The van der Waals surface area contributed by atoms with Crippen LogP contribution in [-0.4, -0.2) is 12.0 Å². The van der Waals surface area contributed by atoms with E-state index in [0.29, 0.717) is 0 Å². The molecule has 0 aromatic heterocycles. The monoisotopic (exact) mass is 261 g/mol. The van der Waals surface area contributed by atoms with Crippen molar-refractivity contribution in [3.8, 4) is 0 Å². The smallest absolute Gasteiger partial charge is 0.176 e. The summed E-state index contributed by atoms with van der Waals surface area (Å²) in [4.78, 5) is 17.8. The molecule has 2 heteroatoms. The molecule has 0 bridgehead atoms. The highest BCUT2D eigenvalue weighted by Crippen LogP contribution is 2.56. The maximum absolute atomic E-state index is 13.1. The van der Waals surface area contributed by atoms with Crippen LogP contribution in [0.5, 0.6) is 0 Å². The largest absolute Gasteiger partial charge is 0.293 e. The fourth-order valence-electron chi connectivity index (χ4n) is 3.79. The predicted octanol–water partition coefficient (Wildman–Crippen LogP) is 3.58. The Morgan fingerprint density at radius 1 is 1.00 bits per heavy atom. The van der Waals surface area contributed by atoms with Gasteiger partial charge in [0.25, 0.3) is 0 Å². The predicted molar refractivity (Wildman–Crippen MR) is 79.3 cm³/mol. The third-order valence-corrected chi connectivity index (χ3v) is 4.74. The van der Waals surface area contributed by atoms with Crippen LogP contribution in [0, 0.1) is 5.92 Å². The van der Waals surface area contributed by atoms with Gasteiger partial charge in [0, 0.05) is 17.7 Å². The van der Waals surface area contributed by atoms with Gasteiger partial charge in [0.15, 0.2) is 5.78 Å². The van der Waals surface area contributed by atoms with Gasteiger partial charge in [-0.2, -0.15) is 0 Å². The number of carbonyl (C=O) groups excluding carboxylic acids is 1. The Hall–Kier alpha value is -2.22. The van der Waals surface area contributed by atoms with E-state index in [0.717, 1.165) is 16.7 Å². The van der Waals surface area contributed by atoms with Crippen molar-refractivity contribution >= 4 is 12.0 Å². The maximum atomic E-state index is 13.1. The number of aliphatic imine (C=N–C) groups is 1. The molecule has 1 heterocycles. The van der Waals surface area contributed by atoms with E-state index in [9.17, 15) is 4.79 Å². The van der Waals surface area contributed by atoms with Gasteiger partial charge in [-0.25, -0.2) is 0 Å². The van der Waals surface area contributed by atoms with E-state index in [-0.39, 0.29) is 17.7 Å². The molecule has 98 valence electrons. The van der Waals surface area contributed by atoms with E-state index in [1.807, 2.05) is 48.7 Å². The van der Waals surface area contributed by atoms with Crippen molar-refractivity contribution in [3.63, 3.8) is 0 Å². The molecule has 0 spiro atoms. The molecular formula is C18H15NO. The van der Waals surface area contributed by atoms with Crippen LogP contribution >= 0.6 is 0 Å². The SMILES string of the molecule is C[C@@H]1C=N[C@H]2c3ccccc3C(=O)[C@@]12c1ccccc1. The molecule has 0 saturated carbocycles. The summed E-state index contributed by atoms with van der Waals surface area (Å²) in [5.74, 6) is 0.337. The molecular weight excluding hydrogens is 246 g/mol. The quantitative estimate of drug-likeness (QED) is 0.771. The Kier molecular flexibility index (Phi) is 2.25. The number of rotatable bonds is 1. The van der Waals surface area contributed by atoms with Gasteiger partial charge < -0.3 is 0 Å². The molecule has 2 aromatic carbocycles. The first-order valence-corrected chi connectivity index (χ1v) is 6.99. The van der Waals surface area contributed by atoms with E-state index in [1.54, 1.807) is 0 Å². The number of carbonyl (C=O) groups is 1. The van der Waals surface area contributed by atoms with Crippen LogP contribution in [0.4, 0.5) is 0 Å². The van der Waals surface area contributed by atoms with E-state index < -0.39 is 5.41 Å². The molecule has 0 saturated heterocycles. The molecule has 0 N–H and O–H groups in total. The molecule has 2 nitrogen and oxygen atoms in total. The van der Waals surface area contributed by atoms with Crippen molar-refractivity contribution < 1.29 is 4.79 Å². The number of hydrogen-bond donors (Lipinski definition) is 0. The lowest BCUT2D eigenvalue weighted by Crippen LogP contribution is -2.39. The van der Waals surface area contributed by atoms with Crippen molar-refractivity contribution in [1.29, 1.82) is 0 Å². The Bertz CT molecular complexity index is 719. The van der Waals surface area contributed by atoms with Gasteiger partial charge in [-0.1, -0.05) is 61.5 Å². The van der Waals surface area contributed by atoms with Crippen LogP contribution in [0.25, 0.3) is 0 Å². The molecule has 4 rings (SSSR count). The molecule has 1 aliphatic heterocycles. The zero-order chi connectivity index (χ0) is 13.7. The second-order valence-corrected chi connectivity index (χ2v) is 5.64. The third-order valence-electron chi connectivity index (χ3n) is 4.74. The lowest BCUT2D eigenvalue weighted by Gasteiger charge is -2.31. The molecule has 1 aliphatic carbocycles. The molecule has 0 fully saturated rings. The summed E-state index contributed by atoms with van der Waals surface area (Å²) in [6, 6.07) is 17.9. The summed E-state index contributed by atoms with van der Waals surface area (Å²) < 4.78 is 0. The molecule has 3 atom stereocenters. The molecule has 0 radical (unpaired) electrons. The minimum atomic E-state index is -0.537. The first-order valence-electron chi connectivity index (χ1n) is 6.99. The minimum Gasteiger partial charge on any atom is -0.293 e. The van der Waals surface area contributed by atoms with Gasteiger partial charge in [0.05, 0.1) is 11.5 Å². The Morgan fingerprint density at radius 3 is 2.50 bits per heavy atom. The van der Waals surface area contributed by atoms with Gasteiger partial charge in [0.2, 0.25) is 0 Å². The van der Waals surface area contributed by atoms with Crippen LogP contribution in [0.15, 0.2) is 59.6 Å². The zero-order valence-corrected chi connectivity index (χ0v) is 11.3. The van der Waals surface area contributed by atoms with Gasteiger partial charge in [-0.05, 0) is 11.1 Å². The van der Waals surface area contributed by atoms with Crippen LogP contribution in [0.2, 0.25) is 0 Å². The zero-order valence-electron chi connectivity index (χ0n) is 11.3. The lowest BCUT2D eigenvalue weighted by atomic mass is 9.68. The second kappa shape index (κ2) is 3.89. The number of hydrogen-bond acceptors (Lipinski definition) is 2. The Labute approximate surface area is 118 Å². The van der Waals surface area contributed by atoms with Crippen molar-refractivity contribution in [1.82, 2.24) is 0 Å². The second-order valence-electron chi connectivity index (χ2n) is 5.64. The standard InChI is InChI=1S/C18H15NO/c1-12-11-19-16-14-9-5-6-10-15(14)17(20)18(12,16)13-7-3-2-4-8-13/h2-12,16H,1H3/t12-,16+,18-/m1/s1. The number of nitrogens with zero attached hydrogens (tertiary/aromatic N) is 1. The fraction of sp³-hybridized carbons (Fsp3) is 0.222. The average molecular weight is 261 g/mol. The first-order chi connectivity index (χ1) is 9.76. The number of ketones is 1. The highest BCUT2D eigenvalue weighted by molar-refractivity contribution is 6.12. The van der Waals surface area contributed by atoms with E-state index >= 15 is 0 Å². The minimum absolute atomic E-state index is 0.0661. The molecule has 20 heavy (non-hydrogen) atoms. The van der Waals surface area contributed by atoms with E-state index in [4.69, 9.17) is 0 Å². The maximum Gasteiger partial charge on any atom is 0.176 e. The Balaban J connectivity index is 2.01. The van der Waals surface area contributed by atoms with Crippen molar-refractivity contribution in [2.24, 2.45) is 10.9 Å². The topological polar surface area (TPSA) is 29.4 Å². The van der Waals surface area contributed by atoms with Crippen LogP contribution < -0.4 is 0 Å². The van der Waals surface area contributed by atoms with Crippen molar-refractivity contribution in [2.45, 2.75) is 18.4 Å². The van der Waals surface area contributed by atoms with Crippen molar-refractivity contribution in [3.05, 3.63) is 71.3 Å². The number of benzene rings is 2. The summed E-state index contributed by atoms with van der Waals surface area (Å²) in [5.41, 5.74) is 2.45. The molecule has 0 unspecified atom stereocenters. The van der Waals surface area contributed by atoms with Crippen molar-refractivity contribution in [2.75, 3.05) is 0 Å². The fourth-order valence-corrected chi connectivity index (χ4v) is 3.79. The van der Waals surface area contributed by atoms with Gasteiger partial charge in [-0.3, -0.25) is 9.79 Å². The third kappa shape index (κ3) is 1.19. The van der Waals surface area contributed by atoms with E-state index in [1.165, 1.54) is 0 Å². The first kappa shape index (κ1) is 11.6. The molecule has 2 aromatic rings. The summed E-state index contributed by atoms with van der Waals surface area (Å²) >= 11 is 0. The summed E-state index contributed by atoms with van der Waals surface area (Å²) in [5, 5.41) is 0.